The number of aromatic hydroxyl groups is 1. The number of phenolic OH excluding ortho intramolecular Hbond substituents is 1. The van der Waals surface area contributed by atoms with Crippen LogP contribution in [0.15, 0.2) is 82.1 Å². The van der Waals surface area contributed by atoms with Gasteiger partial charge in [-0.3, -0.25) is 0 Å². The standard InChI is InChI=1S/C29H28N4O4S/c1-32-10-12-33(13-11-32)23-16-22(17-25(18-23)38(2,35)36)30-29-31-27-5-3-4-26(28(27)37-29)21-7-6-20-15-24(34)9-8-19(20)14-21/h3-9,14-18,34H,10-13H2,1-2H3,(H,30,31). The number of fused-ring (bicyclic) bond motifs is 2. The number of hydrogen-bond donors (Lipinski definition) is 2. The molecule has 4 aromatic carbocycles. The van der Waals surface area contributed by atoms with Gasteiger partial charge in [0.15, 0.2) is 15.4 Å². The number of aromatic nitrogens is 1. The molecule has 0 radical (unpaired) electrons. The summed E-state index contributed by atoms with van der Waals surface area (Å²) < 4.78 is 31.1. The smallest absolute Gasteiger partial charge is 0.300 e. The number of oxazole rings is 1. The van der Waals surface area contributed by atoms with Gasteiger partial charge in [-0.2, -0.15) is 4.98 Å². The molecular weight excluding hydrogens is 500 g/mol. The van der Waals surface area contributed by atoms with Gasteiger partial charge < -0.3 is 24.6 Å². The first-order chi connectivity index (χ1) is 18.2. The van der Waals surface area contributed by atoms with Gasteiger partial charge in [-0.25, -0.2) is 8.42 Å². The lowest BCUT2D eigenvalue weighted by Crippen LogP contribution is -2.44. The summed E-state index contributed by atoms with van der Waals surface area (Å²) in [5, 5.41) is 14.9. The molecule has 1 saturated heterocycles. The highest BCUT2D eigenvalue weighted by Crippen LogP contribution is 2.35. The van der Waals surface area contributed by atoms with E-state index in [1.807, 2.05) is 42.5 Å². The van der Waals surface area contributed by atoms with E-state index in [9.17, 15) is 13.5 Å². The number of piperazine rings is 1. The van der Waals surface area contributed by atoms with Crippen LogP contribution >= 0.6 is 0 Å². The molecule has 2 heterocycles. The van der Waals surface area contributed by atoms with Crippen molar-refractivity contribution in [1.29, 1.82) is 0 Å². The van der Waals surface area contributed by atoms with Crippen molar-refractivity contribution in [2.45, 2.75) is 4.90 Å². The summed E-state index contributed by atoms with van der Waals surface area (Å²) in [6, 6.07) is 22.7. The number of anilines is 3. The highest BCUT2D eigenvalue weighted by atomic mass is 32.2. The molecule has 38 heavy (non-hydrogen) atoms. The maximum Gasteiger partial charge on any atom is 0.300 e. The number of rotatable bonds is 5. The number of para-hydroxylation sites is 1. The minimum absolute atomic E-state index is 0.231. The van der Waals surface area contributed by atoms with Crippen molar-refractivity contribution in [3.8, 4) is 16.9 Å². The number of sulfone groups is 1. The van der Waals surface area contributed by atoms with Crippen LogP contribution in [0.5, 0.6) is 5.75 Å². The van der Waals surface area contributed by atoms with E-state index in [0.717, 1.165) is 53.8 Å². The summed E-state index contributed by atoms with van der Waals surface area (Å²) in [5.74, 6) is 0.231. The molecule has 9 heteroatoms. The Balaban J connectivity index is 1.37. The average Bonchev–Trinajstić information content (AvgIpc) is 3.30. The predicted octanol–water partition coefficient (Wildman–Crippen LogP) is 5.25. The molecule has 0 spiro atoms. The minimum Gasteiger partial charge on any atom is -0.508 e. The quantitative estimate of drug-likeness (QED) is 0.319. The van der Waals surface area contributed by atoms with Gasteiger partial charge in [0.2, 0.25) is 0 Å². The molecular formula is C29H28N4O4S. The number of benzene rings is 4. The summed E-state index contributed by atoms with van der Waals surface area (Å²) >= 11 is 0. The molecule has 0 bridgehead atoms. The topological polar surface area (TPSA) is 98.9 Å². The van der Waals surface area contributed by atoms with E-state index in [0.29, 0.717) is 16.8 Å². The van der Waals surface area contributed by atoms with Gasteiger partial charge in [0.25, 0.3) is 6.01 Å². The summed E-state index contributed by atoms with van der Waals surface area (Å²) in [6.45, 7) is 3.47. The van der Waals surface area contributed by atoms with Gasteiger partial charge in [-0.05, 0) is 65.8 Å². The third-order valence-corrected chi connectivity index (χ3v) is 8.08. The molecule has 0 aliphatic carbocycles. The zero-order chi connectivity index (χ0) is 26.4. The van der Waals surface area contributed by atoms with E-state index in [1.54, 1.807) is 24.3 Å². The summed E-state index contributed by atoms with van der Waals surface area (Å²) in [5.41, 5.74) is 4.62. The van der Waals surface area contributed by atoms with Gasteiger partial charge in [-0.1, -0.05) is 30.3 Å². The SMILES string of the molecule is CN1CCN(c2cc(Nc3nc4cccc(-c5ccc6cc(O)ccc6c5)c4o3)cc(S(C)(=O)=O)c2)CC1. The fourth-order valence-electron chi connectivity index (χ4n) is 4.87. The van der Waals surface area contributed by atoms with Gasteiger partial charge >= 0.3 is 0 Å². The molecule has 0 saturated carbocycles. The summed E-state index contributed by atoms with van der Waals surface area (Å²) in [7, 11) is -1.34. The van der Waals surface area contributed by atoms with Gasteiger partial charge in [-0.15, -0.1) is 0 Å². The number of hydrogen-bond acceptors (Lipinski definition) is 8. The largest absolute Gasteiger partial charge is 0.508 e. The monoisotopic (exact) mass is 528 g/mol. The lowest BCUT2D eigenvalue weighted by molar-refractivity contribution is 0.313. The van der Waals surface area contributed by atoms with Crippen LogP contribution in [0.1, 0.15) is 0 Å². The van der Waals surface area contributed by atoms with Crippen LogP contribution in [-0.4, -0.2) is 62.9 Å². The van der Waals surface area contributed by atoms with Crippen LogP contribution in [0, 0.1) is 0 Å². The minimum atomic E-state index is -3.42. The number of likely N-dealkylation sites (N-methyl/N-ethyl adjacent to an activating group) is 1. The molecule has 1 aliphatic heterocycles. The predicted molar refractivity (Wildman–Crippen MR) is 151 cm³/mol. The van der Waals surface area contributed by atoms with Crippen molar-refractivity contribution in [3.63, 3.8) is 0 Å². The average molecular weight is 529 g/mol. The molecule has 0 amide bonds. The van der Waals surface area contributed by atoms with Crippen LogP contribution < -0.4 is 10.2 Å². The molecule has 6 rings (SSSR count). The van der Waals surface area contributed by atoms with Crippen molar-refractivity contribution in [3.05, 3.63) is 72.8 Å². The molecule has 0 atom stereocenters. The molecule has 1 aliphatic rings. The molecule has 194 valence electrons. The Labute approximate surface area is 221 Å². The second-order valence-corrected chi connectivity index (χ2v) is 11.8. The van der Waals surface area contributed by atoms with Crippen molar-refractivity contribution in [1.82, 2.24) is 9.88 Å². The Morgan fingerprint density at radius 2 is 1.68 bits per heavy atom. The molecule has 2 N–H and O–H groups in total. The zero-order valence-electron chi connectivity index (χ0n) is 21.2. The van der Waals surface area contributed by atoms with E-state index in [1.165, 1.54) is 6.26 Å². The van der Waals surface area contributed by atoms with Gasteiger partial charge in [0, 0.05) is 49.4 Å². The first kappa shape index (κ1) is 24.3. The van der Waals surface area contributed by atoms with Crippen molar-refractivity contribution < 1.29 is 17.9 Å². The Kier molecular flexibility index (Phi) is 5.97. The maximum atomic E-state index is 12.5. The molecule has 0 unspecified atom stereocenters. The van der Waals surface area contributed by atoms with E-state index in [2.05, 4.69) is 33.2 Å². The zero-order valence-corrected chi connectivity index (χ0v) is 22.0. The number of phenols is 1. The van der Waals surface area contributed by atoms with Crippen LogP contribution in [0.3, 0.4) is 0 Å². The highest BCUT2D eigenvalue weighted by Gasteiger charge is 2.19. The molecule has 8 nitrogen and oxygen atoms in total. The van der Waals surface area contributed by atoms with Crippen LogP contribution in [0.2, 0.25) is 0 Å². The molecule has 1 fully saturated rings. The molecule has 1 aromatic heterocycles. The normalized spacial score (nSPS) is 14.8. The van der Waals surface area contributed by atoms with Crippen molar-refractivity contribution in [2.24, 2.45) is 0 Å². The first-order valence-electron chi connectivity index (χ1n) is 12.4. The molecule has 5 aromatic rings. The fourth-order valence-corrected chi connectivity index (χ4v) is 5.55. The lowest BCUT2D eigenvalue weighted by Gasteiger charge is -2.34. The van der Waals surface area contributed by atoms with Crippen molar-refractivity contribution >= 4 is 49.1 Å². The second kappa shape index (κ2) is 9.34. The highest BCUT2D eigenvalue weighted by molar-refractivity contribution is 7.90. The number of nitrogens with zero attached hydrogens (tertiary/aromatic N) is 3. The van der Waals surface area contributed by atoms with E-state index < -0.39 is 9.84 Å². The maximum absolute atomic E-state index is 12.5. The third kappa shape index (κ3) is 4.78. The Hall–Kier alpha value is -4.08. The Morgan fingerprint density at radius 3 is 2.47 bits per heavy atom. The number of nitrogens with one attached hydrogen (secondary N) is 1. The lowest BCUT2D eigenvalue weighted by atomic mass is 10.0. The van der Waals surface area contributed by atoms with E-state index in [4.69, 9.17) is 4.42 Å². The van der Waals surface area contributed by atoms with Crippen LogP contribution in [0.25, 0.3) is 33.0 Å². The van der Waals surface area contributed by atoms with Gasteiger partial charge in [0.05, 0.1) is 4.90 Å². The van der Waals surface area contributed by atoms with E-state index >= 15 is 0 Å². The van der Waals surface area contributed by atoms with Gasteiger partial charge in [0.1, 0.15) is 11.3 Å². The Bertz CT molecular complexity index is 1770. The first-order valence-corrected chi connectivity index (χ1v) is 14.3. The third-order valence-electron chi connectivity index (χ3n) is 6.99. The van der Waals surface area contributed by atoms with Crippen molar-refractivity contribution in [2.75, 3.05) is 49.7 Å². The van der Waals surface area contributed by atoms with E-state index in [-0.39, 0.29) is 16.7 Å². The van der Waals surface area contributed by atoms with Crippen LogP contribution in [0.4, 0.5) is 17.4 Å². The fraction of sp³-hybridized carbons (Fsp3) is 0.207. The van der Waals surface area contributed by atoms with Crippen LogP contribution in [-0.2, 0) is 9.84 Å². The second-order valence-electron chi connectivity index (χ2n) is 9.82. The Morgan fingerprint density at radius 1 is 0.921 bits per heavy atom. The summed E-state index contributed by atoms with van der Waals surface area (Å²) in [6.07, 6.45) is 1.22. The summed E-state index contributed by atoms with van der Waals surface area (Å²) in [4.78, 5) is 9.33.